The SMILES string of the molecule is CCCCCCCN(C)C.Cl.N. The van der Waals surface area contributed by atoms with Gasteiger partial charge in [-0.3, -0.25) is 0 Å². The molecule has 0 bridgehead atoms. The number of unbranched alkanes of at least 4 members (excludes halogenated alkanes) is 4. The molecule has 0 saturated heterocycles. The van der Waals surface area contributed by atoms with E-state index in [0.717, 1.165) is 0 Å². The summed E-state index contributed by atoms with van der Waals surface area (Å²) in [6, 6.07) is 0. The lowest BCUT2D eigenvalue weighted by Gasteiger charge is -2.07. The summed E-state index contributed by atoms with van der Waals surface area (Å²) >= 11 is 0. The zero-order chi connectivity index (χ0) is 7.82. The van der Waals surface area contributed by atoms with Gasteiger partial charge in [0.1, 0.15) is 0 Å². The Balaban J connectivity index is -0.000000405. The summed E-state index contributed by atoms with van der Waals surface area (Å²) < 4.78 is 0. The minimum Gasteiger partial charge on any atom is -0.344 e. The second kappa shape index (κ2) is 13.8. The van der Waals surface area contributed by atoms with Crippen molar-refractivity contribution in [1.82, 2.24) is 11.1 Å². The summed E-state index contributed by atoms with van der Waals surface area (Å²) in [4.78, 5) is 2.26. The highest BCUT2D eigenvalue weighted by Gasteiger charge is 1.89. The fourth-order valence-electron chi connectivity index (χ4n) is 1.03. The lowest BCUT2D eigenvalue weighted by Crippen LogP contribution is -2.12. The number of halogens is 1. The molecule has 0 aliphatic heterocycles. The molecule has 0 saturated carbocycles. The van der Waals surface area contributed by atoms with Crippen molar-refractivity contribution in [1.29, 1.82) is 0 Å². The van der Waals surface area contributed by atoms with Crippen molar-refractivity contribution in [3.63, 3.8) is 0 Å². The van der Waals surface area contributed by atoms with Crippen LogP contribution in [0.25, 0.3) is 0 Å². The minimum absolute atomic E-state index is 0. The lowest BCUT2D eigenvalue weighted by molar-refractivity contribution is 0.390. The van der Waals surface area contributed by atoms with Crippen LogP contribution in [0.15, 0.2) is 0 Å². The lowest BCUT2D eigenvalue weighted by atomic mass is 10.1. The largest absolute Gasteiger partial charge is 0.344 e. The predicted octanol–water partition coefficient (Wildman–Crippen LogP) is 3.10. The Morgan fingerprint density at radius 2 is 1.42 bits per heavy atom. The Hall–Kier alpha value is 0.210. The van der Waals surface area contributed by atoms with Crippen molar-refractivity contribution < 1.29 is 0 Å². The molecule has 0 aromatic heterocycles. The van der Waals surface area contributed by atoms with Crippen molar-refractivity contribution in [3.8, 4) is 0 Å². The third kappa shape index (κ3) is 16.7. The van der Waals surface area contributed by atoms with Crippen LogP contribution >= 0.6 is 12.4 Å². The number of hydrogen-bond acceptors (Lipinski definition) is 2. The predicted molar refractivity (Wildman–Crippen MR) is 59.6 cm³/mol. The van der Waals surface area contributed by atoms with Crippen LogP contribution in [0, 0.1) is 0 Å². The average molecular weight is 197 g/mol. The minimum atomic E-state index is 0. The maximum atomic E-state index is 2.26. The Labute approximate surface area is 83.7 Å². The summed E-state index contributed by atoms with van der Waals surface area (Å²) in [5.74, 6) is 0. The molecule has 0 fully saturated rings. The van der Waals surface area contributed by atoms with Gasteiger partial charge in [0.15, 0.2) is 0 Å². The van der Waals surface area contributed by atoms with Gasteiger partial charge in [-0.25, -0.2) is 0 Å². The van der Waals surface area contributed by atoms with Crippen LogP contribution in [0.5, 0.6) is 0 Å². The number of hydrogen-bond donors (Lipinski definition) is 1. The summed E-state index contributed by atoms with van der Waals surface area (Å²) in [5.41, 5.74) is 0. The van der Waals surface area contributed by atoms with Gasteiger partial charge in [-0.2, -0.15) is 0 Å². The van der Waals surface area contributed by atoms with Gasteiger partial charge < -0.3 is 11.1 Å². The number of rotatable bonds is 6. The second-order valence-electron chi connectivity index (χ2n) is 3.22. The van der Waals surface area contributed by atoms with E-state index >= 15 is 0 Å². The third-order valence-electron chi connectivity index (χ3n) is 1.71. The molecular weight excluding hydrogens is 172 g/mol. The fraction of sp³-hybridized carbons (Fsp3) is 1.00. The maximum absolute atomic E-state index is 2.26. The molecule has 0 heterocycles. The summed E-state index contributed by atoms with van der Waals surface area (Å²) in [6.07, 6.45) is 6.96. The Morgan fingerprint density at radius 1 is 0.917 bits per heavy atom. The highest BCUT2D eigenvalue weighted by Crippen LogP contribution is 2.01. The monoisotopic (exact) mass is 196 g/mol. The standard InChI is InChI=1S/C9H21N.ClH.H3N/c1-4-5-6-7-8-9-10(2)3;;/h4-9H2,1-3H3;1H;1H3. The van der Waals surface area contributed by atoms with Gasteiger partial charge in [0.2, 0.25) is 0 Å². The van der Waals surface area contributed by atoms with E-state index in [2.05, 4.69) is 25.9 Å². The van der Waals surface area contributed by atoms with Gasteiger partial charge >= 0.3 is 0 Å². The molecule has 0 amide bonds. The van der Waals surface area contributed by atoms with E-state index in [-0.39, 0.29) is 18.6 Å². The Morgan fingerprint density at radius 3 is 1.83 bits per heavy atom. The highest BCUT2D eigenvalue weighted by molar-refractivity contribution is 5.85. The molecule has 2 nitrogen and oxygen atoms in total. The highest BCUT2D eigenvalue weighted by atomic mass is 35.5. The molecule has 0 aliphatic carbocycles. The topological polar surface area (TPSA) is 38.2 Å². The summed E-state index contributed by atoms with van der Waals surface area (Å²) in [7, 11) is 4.28. The van der Waals surface area contributed by atoms with E-state index in [9.17, 15) is 0 Å². The van der Waals surface area contributed by atoms with Crippen molar-refractivity contribution in [2.75, 3.05) is 20.6 Å². The molecule has 0 atom stereocenters. The van der Waals surface area contributed by atoms with E-state index in [1.165, 1.54) is 38.6 Å². The molecule has 0 aromatic rings. The summed E-state index contributed by atoms with van der Waals surface area (Å²) in [6.45, 7) is 3.51. The molecule has 12 heavy (non-hydrogen) atoms. The first-order valence-corrected chi connectivity index (χ1v) is 4.42. The fourth-order valence-corrected chi connectivity index (χ4v) is 1.03. The molecule has 3 N–H and O–H groups in total. The first-order valence-electron chi connectivity index (χ1n) is 4.42. The second-order valence-corrected chi connectivity index (χ2v) is 3.22. The van der Waals surface area contributed by atoms with E-state index in [1.54, 1.807) is 0 Å². The van der Waals surface area contributed by atoms with E-state index < -0.39 is 0 Å². The van der Waals surface area contributed by atoms with Crippen LogP contribution in [0.4, 0.5) is 0 Å². The van der Waals surface area contributed by atoms with E-state index in [4.69, 9.17) is 0 Å². The van der Waals surface area contributed by atoms with Crippen LogP contribution in [0.3, 0.4) is 0 Å². The zero-order valence-corrected chi connectivity index (χ0v) is 9.62. The normalized spacial score (nSPS) is 9.00. The van der Waals surface area contributed by atoms with Gasteiger partial charge in [-0.1, -0.05) is 32.6 Å². The van der Waals surface area contributed by atoms with Crippen LogP contribution < -0.4 is 6.15 Å². The van der Waals surface area contributed by atoms with Gasteiger partial charge in [0.05, 0.1) is 0 Å². The van der Waals surface area contributed by atoms with Crippen LogP contribution in [-0.4, -0.2) is 25.5 Å². The molecule has 0 rings (SSSR count). The van der Waals surface area contributed by atoms with Gasteiger partial charge in [-0.15, -0.1) is 12.4 Å². The zero-order valence-electron chi connectivity index (χ0n) is 8.81. The quantitative estimate of drug-likeness (QED) is 0.664. The number of nitrogens with zero attached hydrogens (tertiary/aromatic N) is 1. The Bertz CT molecular complexity index is 67.5. The maximum Gasteiger partial charge on any atom is -0.00248 e. The first-order chi connectivity index (χ1) is 4.77. The molecule has 0 spiro atoms. The van der Waals surface area contributed by atoms with Crippen LogP contribution in [0.2, 0.25) is 0 Å². The van der Waals surface area contributed by atoms with Crippen molar-refractivity contribution in [2.45, 2.75) is 39.0 Å². The van der Waals surface area contributed by atoms with Crippen molar-refractivity contribution in [2.24, 2.45) is 0 Å². The molecule has 0 unspecified atom stereocenters. The van der Waals surface area contributed by atoms with Crippen molar-refractivity contribution >= 4 is 12.4 Å². The summed E-state index contributed by atoms with van der Waals surface area (Å²) in [5, 5.41) is 0. The molecule has 0 radical (unpaired) electrons. The van der Waals surface area contributed by atoms with Crippen LogP contribution in [0.1, 0.15) is 39.0 Å². The smallest absolute Gasteiger partial charge is 0.00248 e. The third-order valence-corrected chi connectivity index (χ3v) is 1.71. The van der Waals surface area contributed by atoms with Gasteiger partial charge in [-0.05, 0) is 27.1 Å². The molecule has 0 aliphatic rings. The first kappa shape index (κ1) is 18.1. The molecule has 78 valence electrons. The molecule has 0 aromatic carbocycles. The van der Waals surface area contributed by atoms with Crippen LogP contribution in [-0.2, 0) is 0 Å². The van der Waals surface area contributed by atoms with E-state index in [1.807, 2.05) is 0 Å². The van der Waals surface area contributed by atoms with Crippen molar-refractivity contribution in [3.05, 3.63) is 0 Å². The molecular formula is C9H25ClN2. The Kier molecular flexibility index (Phi) is 20.8. The average Bonchev–Trinajstić information content (AvgIpc) is 1.87. The molecule has 3 heteroatoms. The van der Waals surface area contributed by atoms with Gasteiger partial charge in [0.25, 0.3) is 0 Å². The van der Waals surface area contributed by atoms with Gasteiger partial charge in [0, 0.05) is 0 Å². The van der Waals surface area contributed by atoms with E-state index in [0.29, 0.717) is 0 Å².